The molecule has 0 saturated heterocycles. The molecule has 0 atom stereocenters. The van der Waals surface area contributed by atoms with Crippen LogP contribution in [0.4, 0.5) is 13.2 Å². The van der Waals surface area contributed by atoms with Gasteiger partial charge in [-0.2, -0.15) is 13.2 Å². The summed E-state index contributed by atoms with van der Waals surface area (Å²) in [7, 11) is 0. The molecule has 0 saturated carbocycles. The predicted octanol–water partition coefficient (Wildman–Crippen LogP) is 3.83. The van der Waals surface area contributed by atoms with Crippen molar-refractivity contribution in [3.63, 3.8) is 0 Å². The second-order valence-electron chi connectivity index (χ2n) is 3.64. The monoisotopic (exact) mass is 285 g/mol. The van der Waals surface area contributed by atoms with Gasteiger partial charge in [0.2, 0.25) is 0 Å². The van der Waals surface area contributed by atoms with Gasteiger partial charge in [-0.05, 0) is 13.0 Å². The number of alkyl halides is 3. The molecule has 108 valence electrons. The van der Waals surface area contributed by atoms with Crippen molar-refractivity contribution < 1.29 is 23.1 Å². The highest BCUT2D eigenvalue weighted by molar-refractivity contribution is 6.13. The second-order valence-corrected chi connectivity index (χ2v) is 3.64. The van der Waals surface area contributed by atoms with Gasteiger partial charge >= 0.3 is 12.1 Å². The molecule has 0 aliphatic carbocycles. The van der Waals surface area contributed by atoms with E-state index in [0.29, 0.717) is 12.2 Å². The van der Waals surface area contributed by atoms with Crippen molar-refractivity contribution in [3.05, 3.63) is 60.9 Å². The van der Waals surface area contributed by atoms with E-state index < -0.39 is 17.7 Å². The standard InChI is InChI=1S/C14H14F3NO2/c1-5-10(11(6-2)14(15,16)17)12(18-9(3)4)7-8-13(19)20/h5-8H,1-3H2,4H3,(H,19,20)/b8-7+,11-10-,18-12?. The molecule has 6 heteroatoms. The van der Waals surface area contributed by atoms with Crippen molar-refractivity contribution in [1.82, 2.24) is 0 Å². The summed E-state index contributed by atoms with van der Waals surface area (Å²) in [5.74, 6) is -1.31. The smallest absolute Gasteiger partial charge is 0.417 e. The van der Waals surface area contributed by atoms with Crippen LogP contribution in [0, 0.1) is 0 Å². The zero-order chi connectivity index (χ0) is 15.9. The maximum absolute atomic E-state index is 12.9. The molecular formula is C14H14F3NO2. The first-order chi connectivity index (χ1) is 9.13. The number of carboxylic acid groups (broad SMARTS) is 1. The van der Waals surface area contributed by atoms with Gasteiger partial charge in [0, 0.05) is 17.3 Å². The Balaban J connectivity index is 6.17. The first-order valence-corrected chi connectivity index (χ1v) is 5.35. The van der Waals surface area contributed by atoms with E-state index in [9.17, 15) is 18.0 Å². The highest BCUT2D eigenvalue weighted by Gasteiger charge is 2.34. The van der Waals surface area contributed by atoms with Gasteiger partial charge in [0.25, 0.3) is 0 Å². The highest BCUT2D eigenvalue weighted by atomic mass is 19.4. The number of nitrogens with zero attached hydrogens (tertiary/aromatic N) is 1. The first-order valence-electron chi connectivity index (χ1n) is 5.35. The normalized spacial score (nSPS) is 13.9. The van der Waals surface area contributed by atoms with Gasteiger partial charge in [-0.1, -0.05) is 31.9 Å². The Labute approximate surface area is 114 Å². The van der Waals surface area contributed by atoms with Gasteiger partial charge in [0.1, 0.15) is 0 Å². The minimum Gasteiger partial charge on any atom is -0.478 e. The number of carbonyl (C=O) groups is 1. The van der Waals surface area contributed by atoms with Crippen LogP contribution in [0.2, 0.25) is 0 Å². The lowest BCUT2D eigenvalue weighted by molar-refractivity contribution is -0.131. The van der Waals surface area contributed by atoms with Crippen molar-refractivity contribution in [2.75, 3.05) is 0 Å². The molecule has 0 aliphatic rings. The van der Waals surface area contributed by atoms with Crippen molar-refractivity contribution in [3.8, 4) is 0 Å². The van der Waals surface area contributed by atoms with Crippen molar-refractivity contribution in [2.24, 2.45) is 4.99 Å². The number of carboxylic acids is 1. The van der Waals surface area contributed by atoms with Crippen LogP contribution in [-0.4, -0.2) is 23.0 Å². The Morgan fingerprint density at radius 1 is 1.20 bits per heavy atom. The molecule has 0 bridgehead atoms. The minimum atomic E-state index is -4.65. The lowest BCUT2D eigenvalue weighted by Crippen LogP contribution is -2.15. The van der Waals surface area contributed by atoms with Crippen LogP contribution >= 0.6 is 0 Å². The largest absolute Gasteiger partial charge is 0.478 e. The molecule has 3 nitrogen and oxygen atoms in total. The topological polar surface area (TPSA) is 49.7 Å². The molecule has 0 rings (SSSR count). The molecule has 0 fully saturated rings. The Bertz CT molecular complexity index is 523. The number of hydrogen-bond acceptors (Lipinski definition) is 2. The van der Waals surface area contributed by atoms with Crippen LogP contribution in [0.25, 0.3) is 0 Å². The number of rotatable bonds is 6. The molecule has 0 unspecified atom stereocenters. The fraction of sp³-hybridized carbons (Fsp3) is 0.143. The van der Waals surface area contributed by atoms with E-state index >= 15 is 0 Å². The van der Waals surface area contributed by atoms with Gasteiger partial charge in [-0.15, -0.1) is 0 Å². The third-order valence-electron chi connectivity index (χ3n) is 1.97. The quantitative estimate of drug-likeness (QED) is 0.458. The number of hydrogen-bond donors (Lipinski definition) is 1. The van der Waals surface area contributed by atoms with Crippen LogP contribution in [-0.2, 0) is 4.79 Å². The Kier molecular flexibility index (Phi) is 6.41. The van der Waals surface area contributed by atoms with Crippen molar-refractivity contribution >= 4 is 11.7 Å². The van der Waals surface area contributed by atoms with Crippen LogP contribution < -0.4 is 0 Å². The van der Waals surface area contributed by atoms with Gasteiger partial charge in [-0.3, -0.25) is 4.99 Å². The number of aliphatic carboxylic acids is 1. The zero-order valence-electron chi connectivity index (χ0n) is 10.9. The maximum Gasteiger partial charge on any atom is 0.417 e. The maximum atomic E-state index is 12.9. The summed E-state index contributed by atoms with van der Waals surface area (Å²) in [4.78, 5) is 14.3. The van der Waals surface area contributed by atoms with Gasteiger partial charge < -0.3 is 5.11 Å². The van der Waals surface area contributed by atoms with E-state index in [0.717, 1.165) is 12.2 Å². The average molecular weight is 285 g/mol. The molecule has 0 aromatic heterocycles. The summed E-state index contributed by atoms with van der Waals surface area (Å²) >= 11 is 0. The molecular weight excluding hydrogens is 271 g/mol. The minimum absolute atomic E-state index is 0.206. The summed E-state index contributed by atoms with van der Waals surface area (Å²) in [6.45, 7) is 11.3. The summed E-state index contributed by atoms with van der Waals surface area (Å²) < 4.78 is 38.6. The lowest BCUT2D eigenvalue weighted by atomic mass is 10.0. The van der Waals surface area contributed by atoms with E-state index in [1.54, 1.807) is 0 Å². The van der Waals surface area contributed by atoms with E-state index in [-0.39, 0.29) is 17.0 Å². The summed E-state index contributed by atoms with van der Waals surface area (Å²) in [5, 5.41) is 8.56. The van der Waals surface area contributed by atoms with Crippen molar-refractivity contribution in [1.29, 1.82) is 0 Å². The van der Waals surface area contributed by atoms with Crippen LogP contribution in [0.3, 0.4) is 0 Å². The van der Waals surface area contributed by atoms with E-state index in [1.807, 2.05) is 0 Å². The van der Waals surface area contributed by atoms with Crippen molar-refractivity contribution in [2.45, 2.75) is 13.1 Å². The van der Waals surface area contributed by atoms with Crippen LogP contribution in [0.15, 0.2) is 65.9 Å². The third-order valence-corrected chi connectivity index (χ3v) is 1.97. The van der Waals surface area contributed by atoms with Gasteiger partial charge in [0.05, 0.1) is 11.3 Å². The second kappa shape index (κ2) is 7.28. The van der Waals surface area contributed by atoms with Crippen LogP contribution in [0.1, 0.15) is 6.92 Å². The molecule has 0 aromatic rings. The molecule has 0 aromatic carbocycles. The summed E-state index contributed by atoms with van der Waals surface area (Å²) in [6.07, 6.45) is -1.46. The molecule has 20 heavy (non-hydrogen) atoms. The fourth-order valence-corrected chi connectivity index (χ4v) is 1.27. The number of aliphatic imine (C=N–C) groups is 1. The molecule has 0 heterocycles. The lowest BCUT2D eigenvalue weighted by Gasteiger charge is -2.13. The molecule has 0 radical (unpaired) electrons. The average Bonchev–Trinajstić information content (AvgIpc) is 2.29. The van der Waals surface area contributed by atoms with Gasteiger partial charge in [0.15, 0.2) is 0 Å². The SMILES string of the molecule is C=C/C(C(/C=C/C(=O)O)=NC(=C)C)=C(\C=C)C(F)(F)F. The van der Waals surface area contributed by atoms with Gasteiger partial charge in [-0.25, -0.2) is 4.79 Å². The molecule has 0 spiro atoms. The Morgan fingerprint density at radius 3 is 2.05 bits per heavy atom. The molecule has 0 aliphatic heterocycles. The fourth-order valence-electron chi connectivity index (χ4n) is 1.27. The first kappa shape index (κ1) is 17.6. The van der Waals surface area contributed by atoms with Crippen LogP contribution in [0.5, 0.6) is 0 Å². The summed E-state index contributed by atoms with van der Waals surface area (Å²) in [6, 6.07) is 0. The number of halogens is 3. The van der Waals surface area contributed by atoms with E-state index in [2.05, 4.69) is 24.7 Å². The summed E-state index contributed by atoms with van der Waals surface area (Å²) in [5.41, 5.74) is -1.40. The predicted molar refractivity (Wildman–Crippen MR) is 72.5 cm³/mol. The molecule has 0 amide bonds. The molecule has 1 N–H and O–H groups in total. The highest BCUT2D eigenvalue weighted by Crippen LogP contribution is 2.30. The van der Waals surface area contributed by atoms with E-state index in [1.165, 1.54) is 6.92 Å². The zero-order valence-corrected chi connectivity index (χ0v) is 10.9. The van der Waals surface area contributed by atoms with E-state index in [4.69, 9.17) is 5.11 Å². The Hall–Kier alpha value is -2.37. The Morgan fingerprint density at radius 2 is 1.75 bits per heavy atom. The third kappa shape index (κ3) is 5.51. The number of allylic oxidation sites excluding steroid dienone is 6.